The predicted octanol–water partition coefficient (Wildman–Crippen LogP) is 0.965. The van der Waals surface area contributed by atoms with Crippen LogP contribution in [0, 0.1) is 6.07 Å². The van der Waals surface area contributed by atoms with Crippen molar-refractivity contribution in [2.75, 3.05) is 20.1 Å². The van der Waals surface area contributed by atoms with Crippen LogP contribution >= 0.6 is 0 Å². The van der Waals surface area contributed by atoms with Crippen molar-refractivity contribution in [3.63, 3.8) is 0 Å². The number of rotatable bonds is 2. The second-order valence-corrected chi connectivity index (χ2v) is 3.39. The first-order valence-corrected chi connectivity index (χ1v) is 4.52. The number of nitrogens with zero attached hydrogens (tertiary/aromatic N) is 2. The highest BCUT2D eigenvalue weighted by Gasteiger charge is 2.20. The zero-order chi connectivity index (χ0) is 9.10. The van der Waals surface area contributed by atoms with Crippen molar-refractivity contribution in [2.45, 2.75) is 12.5 Å². The van der Waals surface area contributed by atoms with Gasteiger partial charge in [0.05, 0.1) is 0 Å². The van der Waals surface area contributed by atoms with E-state index in [0.29, 0.717) is 12.0 Å². The summed E-state index contributed by atoms with van der Waals surface area (Å²) in [6.07, 6.45) is 3.03. The molecular formula is C10H13N2O. The minimum absolute atomic E-state index is 0.305. The topological polar surface area (TPSA) is 25.4 Å². The van der Waals surface area contributed by atoms with E-state index >= 15 is 0 Å². The number of likely N-dealkylation sites (tertiary alicyclic amines) is 1. The molecule has 69 valence electrons. The van der Waals surface area contributed by atoms with Crippen LogP contribution in [0.1, 0.15) is 6.42 Å². The Morgan fingerprint density at radius 1 is 1.69 bits per heavy atom. The average molecular weight is 177 g/mol. The fourth-order valence-corrected chi connectivity index (χ4v) is 1.54. The maximum atomic E-state index is 5.67. The van der Waals surface area contributed by atoms with Crippen LogP contribution in [0.2, 0.25) is 0 Å². The van der Waals surface area contributed by atoms with Gasteiger partial charge in [0.15, 0.2) is 0 Å². The van der Waals surface area contributed by atoms with E-state index in [0.717, 1.165) is 19.5 Å². The van der Waals surface area contributed by atoms with Gasteiger partial charge in [-0.25, -0.2) is 4.98 Å². The minimum Gasteiger partial charge on any atom is -0.473 e. The fourth-order valence-electron chi connectivity index (χ4n) is 1.54. The predicted molar refractivity (Wildman–Crippen MR) is 49.6 cm³/mol. The Balaban J connectivity index is 1.92. The maximum absolute atomic E-state index is 5.67. The SMILES string of the molecule is CN1CCC(Oc2cc[c]cn2)C1. The van der Waals surface area contributed by atoms with Crippen molar-refractivity contribution in [3.05, 3.63) is 24.4 Å². The lowest BCUT2D eigenvalue weighted by molar-refractivity contribution is 0.200. The number of hydrogen-bond acceptors (Lipinski definition) is 3. The number of aromatic nitrogens is 1. The first kappa shape index (κ1) is 8.51. The molecule has 1 saturated heterocycles. The van der Waals surface area contributed by atoms with E-state index < -0.39 is 0 Å². The van der Waals surface area contributed by atoms with E-state index in [4.69, 9.17) is 4.74 Å². The van der Waals surface area contributed by atoms with Gasteiger partial charge in [0.1, 0.15) is 6.10 Å². The molecule has 0 aromatic carbocycles. The van der Waals surface area contributed by atoms with Gasteiger partial charge in [-0.2, -0.15) is 0 Å². The lowest BCUT2D eigenvalue weighted by atomic mass is 10.3. The molecule has 2 heterocycles. The molecule has 1 aromatic heterocycles. The molecule has 0 saturated carbocycles. The second kappa shape index (κ2) is 3.75. The first-order valence-electron chi connectivity index (χ1n) is 4.52. The van der Waals surface area contributed by atoms with E-state index in [1.54, 1.807) is 6.20 Å². The van der Waals surface area contributed by atoms with Crippen LogP contribution in [0.4, 0.5) is 0 Å². The summed E-state index contributed by atoms with van der Waals surface area (Å²) < 4.78 is 5.67. The summed E-state index contributed by atoms with van der Waals surface area (Å²) >= 11 is 0. The van der Waals surface area contributed by atoms with Gasteiger partial charge in [-0.1, -0.05) is 0 Å². The van der Waals surface area contributed by atoms with Crippen LogP contribution in [0.5, 0.6) is 5.88 Å². The van der Waals surface area contributed by atoms with Crippen molar-refractivity contribution in [3.8, 4) is 5.88 Å². The Labute approximate surface area is 78.3 Å². The third kappa shape index (κ3) is 2.18. The summed E-state index contributed by atoms with van der Waals surface area (Å²) in [6, 6.07) is 6.53. The molecule has 1 aliphatic heterocycles. The van der Waals surface area contributed by atoms with E-state index in [9.17, 15) is 0 Å². The third-order valence-corrected chi connectivity index (χ3v) is 2.22. The van der Waals surface area contributed by atoms with Crippen molar-refractivity contribution < 1.29 is 4.74 Å². The van der Waals surface area contributed by atoms with E-state index in [2.05, 4.69) is 23.0 Å². The van der Waals surface area contributed by atoms with Gasteiger partial charge in [0.2, 0.25) is 5.88 Å². The van der Waals surface area contributed by atoms with Gasteiger partial charge < -0.3 is 9.64 Å². The molecule has 0 bridgehead atoms. The zero-order valence-corrected chi connectivity index (χ0v) is 7.73. The highest BCUT2D eigenvalue weighted by molar-refractivity contribution is 5.09. The van der Waals surface area contributed by atoms with Gasteiger partial charge in [-0.15, -0.1) is 0 Å². The minimum atomic E-state index is 0.305. The van der Waals surface area contributed by atoms with Crippen LogP contribution in [0.3, 0.4) is 0 Å². The molecule has 1 fully saturated rings. The molecule has 3 nitrogen and oxygen atoms in total. The number of hydrogen-bond donors (Lipinski definition) is 0. The molecule has 1 unspecified atom stereocenters. The van der Waals surface area contributed by atoms with Crippen LogP contribution < -0.4 is 4.74 Å². The standard InChI is InChI=1S/C10H13N2O/c1-12-7-5-9(8-12)13-10-4-2-3-6-11-10/h2,4,6,9H,5,7-8H2,1H3. The molecule has 13 heavy (non-hydrogen) atoms. The Hall–Kier alpha value is -1.09. The molecule has 3 heteroatoms. The van der Waals surface area contributed by atoms with Gasteiger partial charge in [0, 0.05) is 31.4 Å². The number of ether oxygens (including phenoxy) is 1. The highest BCUT2D eigenvalue weighted by Crippen LogP contribution is 2.14. The van der Waals surface area contributed by atoms with Crippen molar-refractivity contribution >= 4 is 0 Å². The normalized spacial score (nSPS) is 23.3. The van der Waals surface area contributed by atoms with Gasteiger partial charge in [-0.3, -0.25) is 0 Å². The smallest absolute Gasteiger partial charge is 0.213 e. The number of pyridine rings is 1. The van der Waals surface area contributed by atoms with Crippen LogP contribution in [-0.2, 0) is 0 Å². The Morgan fingerprint density at radius 2 is 2.62 bits per heavy atom. The van der Waals surface area contributed by atoms with Crippen LogP contribution in [0.25, 0.3) is 0 Å². The molecule has 0 spiro atoms. The fraction of sp³-hybridized carbons (Fsp3) is 0.500. The molecule has 1 atom stereocenters. The molecule has 0 aliphatic carbocycles. The Kier molecular flexibility index (Phi) is 2.45. The van der Waals surface area contributed by atoms with Gasteiger partial charge in [0.25, 0.3) is 0 Å². The lowest BCUT2D eigenvalue weighted by Gasteiger charge is -2.12. The lowest BCUT2D eigenvalue weighted by Crippen LogP contribution is -2.21. The van der Waals surface area contributed by atoms with Crippen LogP contribution in [-0.4, -0.2) is 36.1 Å². The quantitative estimate of drug-likeness (QED) is 0.673. The Bertz CT molecular complexity index is 263. The molecule has 1 radical (unpaired) electrons. The molecule has 1 aromatic rings. The summed E-state index contributed by atoms with van der Waals surface area (Å²) in [4.78, 5) is 6.33. The van der Waals surface area contributed by atoms with E-state index in [1.807, 2.05) is 12.1 Å². The second-order valence-electron chi connectivity index (χ2n) is 3.39. The van der Waals surface area contributed by atoms with Crippen LogP contribution in [0.15, 0.2) is 18.3 Å². The summed E-state index contributed by atoms with van der Waals surface area (Å²) in [7, 11) is 2.11. The number of likely N-dealkylation sites (N-methyl/N-ethyl adjacent to an activating group) is 1. The maximum Gasteiger partial charge on any atom is 0.213 e. The molecular weight excluding hydrogens is 164 g/mol. The van der Waals surface area contributed by atoms with Crippen molar-refractivity contribution in [2.24, 2.45) is 0 Å². The summed E-state index contributed by atoms with van der Waals surface area (Å²) in [5.74, 6) is 0.707. The highest BCUT2D eigenvalue weighted by atomic mass is 16.5. The molecule has 2 rings (SSSR count). The summed E-state index contributed by atoms with van der Waals surface area (Å²) in [5, 5.41) is 0. The average Bonchev–Trinajstić information content (AvgIpc) is 2.53. The van der Waals surface area contributed by atoms with Crippen molar-refractivity contribution in [1.29, 1.82) is 0 Å². The first-order chi connectivity index (χ1) is 6.34. The monoisotopic (exact) mass is 177 g/mol. The summed E-state index contributed by atoms with van der Waals surface area (Å²) in [6.45, 7) is 2.11. The molecule has 1 aliphatic rings. The summed E-state index contributed by atoms with van der Waals surface area (Å²) in [5.41, 5.74) is 0. The molecule has 0 amide bonds. The van der Waals surface area contributed by atoms with Gasteiger partial charge in [-0.05, 0) is 19.5 Å². The van der Waals surface area contributed by atoms with E-state index in [-0.39, 0.29) is 0 Å². The third-order valence-electron chi connectivity index (χ3n) is 2.22. The van der Waals surface area contributed by atoms with Gasteiger partial charge >= 0.3 is 0 Å². The zero-order valence-electron chi connectivity index (χ0n) is 7.73. The molecule has 0 N–H and O–H groups in total. The van der Waals surface area contributed by atoms with Crippen molar-refractivity contribution in [1.82, 2.24) is 9.88 Å². The largest absolute Gasteiger partial charge is 0.473 e. The Morgan fingerprint density at radius 3 is 3.23 bits per heavy atom. The van der Waals surface area contributed by atoms with E-state index in [1.165, 1.54) is 0 Å².